The second kappa shape index (κ2) is 7.97. The number of alkyl carbamates (subject to hydrolysis) is 1. The van der Waals surface area contributed by atoms with Crippen molar-refractivity contribution in [2.75, 3.05) is 13.1 Å². The minimum atomic E-state index is -0.508. The number of ether oxygens (including phenoxy) is 1. The van der Waals surface area contributed by atoms with E-state index in [1.807, 2.05) is 37.8 Å². The monoisotopic (exact) mass is 411 g/mol. The van der Waals surface area contributed by atoms with Gasteiger partial charge in [-0.25, -0.2) is 4.79 Å². The number of aromatic nitrogens is 1. The Morgan fingerprint density at radius 2 is 1.90 bits per heavy atom. The van der Waals surface area contributed by atoms with Crippen molar-refractivity contribution in [2.24, 2.45) is 5.92 Å². The van der Waals surface area contributed by atoms with Crippen LogP contribution in [0.5, 0.6) is 0 Å². The molecule has 1 aromatic carbocycles. The average Bonchev–Trinajstić information content (AvgIpc) is 3.04. The third-order valence-electron chi connectivity index (χ3n) is 6.20. The van der Waals surface area contributed by atoms with Crippen molar-refractivity contribution in [2.45, 2.75) is 71.4 Å². The lowest BCUT2D eigenvalue weighted by molar-refractivity contribution is 0.0474. The summed E-state index contributed by atoms with van der Waals surface area (Å²) in [5.74, 6) is 0.760. The van der Waals surface area contributed by atoms with Crippen molar-refractivity contribution < 1.29 is 14.3 Å². The summed E-state index contributed by atoms with van der Waals surface area (Å²) in [7, 11) is 0. The number of aromatic amines is 1. The molecule has 1 aliphatic heterocycles. The molecule has 1 aromatic heterocycles. The molecule has 6 heteroatoms. The fourth-order valence-corrected chi connectivity index (χ4v) is 4.66. The van der Waals surface area contributed by atoms with Gasteiger partial charge in [0.2, 0.25) is 0 Å². The lowest BCUT2D eigenvalue weighted by Crippen LogP contribution is -2.47. The summed E-state index contributed by atoms with van der Waals surface area (Å²) < 4.78 is 5.34. The van der Waals surface area contributed by atoms with Crippen molar-refractivity contribution in [3.05, 3.63) is 35.0 Å². The van der Waals surface area contributed by atoms with Gasteiger partial charge in [-0.2, -0.15) is 0 Å². The van der Waals surface area contributed by atoms with Crippen molar-refractivity contribution in [3.8, 4) is 0 Å². The van der Waals surface area contributed by atoms with Gasteiger partial charge in [0, 0.05) is 30.2 Å². The molecule has 1 fully saturated rings. The molecule has 2 aliphatic rings. The number of H-pyrrole nitrogens is 1. The molecular weight excluding hydrogens is 378 g/mol. The van der Waals surface area contributed by atoms with E-state index in [1.165, 1.54) is 23.1 Å². The number of hydrogen-bond acceptors (Lipinski definition) is 3. The van der Waals surface area contributed by atoms with Crippen LogP contribution in [0.25, 0.3) is 10.9 Å². The summed E-state index contributed by atoms with van der Waals surface area (Å²) >= 11 is 0. The van der Waals surface area contributed by atoms with Gasteiger partial charge in [-0.15, -0.1) is 0 Å². The molecule has 0 radical (unpaired) electrons. The average molecular weight is 412 g/mol. The zero-order chi connectivity index (χ0) is 21.5. The second-order valence-electron chi connectivity index (χ2n) is 9.87. The molecule has 6 nitrogen and oxygen atoms in total. The minimum absolute atomic E-state index is 0.0407. The second-order valence-corrected chi connectivity index (χ2v) is 9.87. The molecule has 0 saturated carbocycles. The SMILES string of the molecule is C[C@H]1CCc2[nH]c3c(C(=O)N4CCC(NC(=O)OC(C)(C)C)CC4)cccc3c2C1. The number of hydrogen-bond donors (Lipinski definition) is 2. The lowest BCUT2D eigenvalue weighted by Gasteiger charge is -2.33. The molecule has 162 valence electrons. The summed E-state index contributed by atoms with van der Waals surface area (Å²) in [5, 5.41) is 4.13. The molecule has 0 bridgehead atoms. The number of fused-ring (bicyclic) bond motifs is 3. The molecule has 2 amide bonds. The van der Waals surface area contributed by atoms with Crippen molar-refractivity contribution in [1.29, 1.82) is 0 Å². The van der Waals surface area contributed by atoms with Gasteiger partial charge in [0.05, 0.1) is 11.1 Å². The van der Waals surface area contributed by atoms with Crippen molar-refractivity contribution in [3.63, 3.8) is 0 Å². The van der Waals surface area contributed by atoms with E-state index >= 15 is 0 Å². The first kappa shape index (κ1) is 20.8. The van der Waals surface area contributed by atoms with Gasteiger partial charge in [0.25, 0.3) is 5.91 Å². The number of nitrogens with zero attached hydrogens (tertiary/aromatic N) is 1. The number of para-hydroxylation sites is 1. The van der Waals surface area contributed by atoms with E-state index in [1.54, 1.807) is 0 Å². The van der Waals surface area contributed by atoms with E-state index in [0.29, 0.717) is 19.0 Å². The van der Waals surface area contributed by atoms with Gasteiger partial charge < -0.3 is 19.9 Å². The van der Waals surface area contributed by atoms with Crippen molar-refractivity contribution >= 4 is 22.9 Å². The summed E-state index contributed by atoms with van der Waals surface area (Å²) in [6, 6.07) is 6.11. The van der Waals surface area contributed by atoms with Gasteiger partial charge in [0.15, 0.2) is 0 Å². The third kappa shape index (κ3) is 4.32. The number of benzene rings is 1. The summed E-state index contributed by atoms with van der Waals surface area (Å²) in [5.41, 5.74) is 3.91. The molecule has 2 heterocycles. The van der Waals surface area contributed by atoms with Crippen LogP contribution in [0, 0.1) is 5.92 Å². The number of aryl methyl sites for hydroxylation is 1. The van der Waals surface area contributed by atoms with Gasteiger partial charge in [-0.05, 0) is 70.4 Å². The highest BCUT2D eigenvalue weighted by Crippen LogP contribution is 2.33. The molecule has 2 N–H and O–H groups in total. The minimum Gasteiger partial charge on any atom is -0.444 e. The van der Waals surface area contributed by atoms with Crippen LogP contribution < -0.4 is 5.32 Å². The smallest absolute Gasteiger partial charge is 0.407 e. The number of piperidine rings is 1. The maximum atomic E-state index is 13.3. The quantitative estimate of drug-likeness (QED) is 0.768. The molecular formula is C24H33N3O3. The maximum absolute atomic E-state index is 13.3. The van der Waals surface area contributed by atoms with Crippen LogP contribution in [-0.2, 0) is 17.6 Å². The number of carbonyl (C=O) groups is 2. The lowest BCUT2D eigenvalue weighted by atomic mass is 9.87. The first-order chi connectivity index (χ1) is 14.2. The van der Waals surface area contributed by atoms with E-state index < -0.39 is 5.60 Å². The molecule has 30 heavy (non-hydrogen) atoms. The predicted molar refractivity (Wildman–Crippen MR) is 118 cm³/mol. The first-order valence-corrected chi connectivity index (χ1v) is 11.1. The molecule has 1 atom stereocenters. The Kier molecular flexibility index (Phi) is 5.51. The van der Waals surface area contributed by atoms with Crippen LogP contribution in [0.3, 0.4) is 0 Å². The Bertz CT molecular complexity index is 948. The number of nitrogens with one attached hydrogen (secondary N) is 2. The molecule has 4 rings (SSSR count). The number of amides is 2. The molecule has 0 spiro atoms. The highest BCUT2D eigenvalue weighted by molar-refractivity contribution is 6.06. The van der Waals surface area contributed by atoms with E-state index in [9.17, 15) is 9.59 Å². The molecule has 1 saturated heterocycles. The summed E-state index contributed by atoms with van der Waals surface area (Å²) in [4.78, 5) is 30.8. The van der Waals surface area contributed by atoms with Gasteiger partial charge in [-0.1, -0.05) is 19.1 Å². The Labute approximate surface area is 178 Å². The zero-order valence-corrected chi connectivity index (χ0v) is 18.5. The Morgan fingerprint density at radius 1 is 1.17 bits per heavy atom. The van der Waals surface area contributed by atoms with Gasteiger partial charge >= 0.3 is 6.09 Å². The molecule has 1 aliphatic carbocycles. The normalized spacial score (nSPS) is 20.1. The Balaban J connectivity index is 1.44. The summed E-state index contributed by atoms with van der Waals surface area (Å²) in [6.45, 7) is 9.13. The van der Waals surface area contributed by atoms with Gasteiger partial charge in [-0.3, -0.25) is 4.79 Å². The number of rotatable bonds is 2. The van der Waals surface area contributed by atoms with Crippen LogP contribution in [0.4, 0.5) is 4.79 Å². The number of likely N-dealkylation sites (tertiary alicyclic amines) is 1. The molecule has 0 unspecified atom stereocenters. The highest BCUT2D eigenvalue weighted by atomic mass is 16.6. The third-order valence-corrected chi connectivity index (χ3v) is 6.20. The van der Waals surface area contributed by atoms with E-state index in [0.717, 1.165) is 36.8 Å². The van der Waals surface area contributed by atoms with E-state index in [-0.39, 0.29) is 18.0 Å². The predicted octanol–water partition coefficient (Wildman–Crippen LogP) is 4.42. The first-order valence-electron chi connectivity index (χ1n) is 11.1. The van der Waals surface area contributed by atoms with Crippen LogP contribution in [0.2, 0.25) is 0 Å². The van der Waals surface area contributed by atoms with Crippen LogP contribution >= 0.6 is 0 Å². The van der Waals surface area contributed by atoms with Crippen LogP contribution in [0.15, 0.2) is 18.2 Å². The van der Waals surface area contributed by atoms with Crippen molar-refractivity contribution in [1.82, 2.24) is 15.2 Å². The van der Waals surface area contributed by atoms with E-state index in [4.69, 9.17) is 4.74 Å². The molecule has 2 aromatic rings. The Hall–Kier alpha value is -2.50. The Morgan fingerprint density at radius 3 is 2.60 bits per heavy atom. The topological polar surface area (TPSA) is 74.4 Å². The van der Waals surface area contributed by atoms with Gasteiger partial charge in [0.1, 0.15) is 5.60 Å². The van der Waals surface area contributed by atoms with Crippen LogP contribution in [-0.4, -0.2) is 46.6 Å². The fraction of sp³-hybridized carbons (Fsp3) is 0.583. The zero-order valence-electron chi connectivity index (χ0n) is 18.5. The largest absolute Gasteiger partial charge is 0.444 e. The standard InChI is InChI=1S/C24H33N3O3/c1-15-8-9-20-19(14-15)17-6-5-7-18(21(17)26-20)22(28)27-12-10-16(11-13-27)25-23(29)30-24(2,3)4/h5-7,15-16,26H,8-14H2,1-4H3,(H,25,29)/t15-/m0/s1. The number of carbonyl (C=O) groups excluding carboxylic acids is 2. The van der Waals surface area contributed by atoms with E-state index in [2.05, 4.69) is 23.3 Å². The van der Waals surface area contributed by atoms with Crippen LogP contribution in [0.1, 0.15) is 68.6 Å². The summed E-state index contributed by atoms with van der Waals surface area (Å²) in [6.07, 6.45) is 4.42. The fourth-order valence-electron chi connectivity index (χ4n) is 4.66. The maximum Gasteiger partial charge on any atom is 0.407 e. The highest BCUT2D eigenvalue weighted by Gasteiger charge is 2.28.